The molecule has 0 spiro atoms. The van der Waals surface area contributed by atoms with Crippen molar-refractivity contribution in [3.63, 3.8) is 0 Å². The lowest BCUT2D eigenvalue weighted by atomic mass is 9.94. The van der Waals surface area contributed by atoms with E-state index in [1.54, 1.807) is 0 Å². The summed E-state index contributed by atoms with van der Waals surface area (Å²) in [7, 11) is 0. The quantitative estimate of drug-likeness (QED) is 0.481. The average Bonchev–Trinajstić information content (AvgIpc) is 2.20. The Morgan fingerprint density at radius 1 is 1.44 bits per heavy atom. The van der Waals surface area contributed by atoms with Gasteiger partial charge in [-0.2, -0.15) is 0 Å². The van der Waals surface area contributed by atoms with Gasteiger partial charge in [0.2, 0.25) is 0 Å². The van der Waals surface area contributed by atoms with Crippen molar-refractivity contribution in [1.29, 1.82) is 0 Å². The molecule has 2 heteroatoms. The summed E-state index contributed by atoms with van der Waals surface area (Å²) in [5.74, 6) is -0.240. The van der Waals surface area contributed by atoms with E-state index in [1.807, 2.05) is 0 Å². The van der Waals surface area contributed by atoms with Crippen molar-refractivity contribution in [1.82, 2.24) is 10.6 Å². The molecule has 9 heavy (non-hydrogen) atoms. The standard InChI is InChI=1S/C7H14N2/c1-2-6-4-8-5-7(6)9-3-1/h6-9H,1-5H2/t6-,7+/m0/s1/i4D2,5D2. The summed E-state index contributed by atoms with van der Waals surface area (Å²) >= 11 is 0. The molecular formula is C7H14N2. The van der Waals surface area contributed by atoms with Gasteiger partial charge < -0.3 is 10.6 Å². The summed E-state index contributed by atoms with van der Waals surface area (Å²) in [6, 6.07) is -0.378. The van der Waals surface area contributed by atoms with Crippen molar-refractivity contribution in [3.05, 3.63) is 0 Å². The lowest BCUT2D eigenvalue weighted by Gasteiger charge is -2.24. The molecular weight excluding hydrogens is 112 g/mol. The van der Waals surface area contributed by atoms with E-state index >= 15 is 0 Å². The first-order chi connectivity index (χ1) is 5.93. The van der Waals surface area contributed by atoms with E-state index in [1.165, 1.54) is 0 Å². The fourth-order valence-corrected chi connectivity index (χ4v) is 1.41. The Hall–Kier alpha value is -0.0800. The molecule has 2 nitrogen and oxygen atoms in total. The lowest BCUT2D eigenvalue weighted by Crippen LogP contribution is -2.40. The van der Waals surface area contributed by atoms with Gasteiger partial charge in [0.1, 0.15) is 0 Å². The van der Waals surface area contributed by atoms with Crippen LogP contribution in [0.25, 0.3) is 0 Å². The molecule has 2 saturated heterocycles. The molecule has 2 fully saturated rings. The van der Waals surface area contributed by atoms with Crippen LogP contribution in [0.1, 0.15) is 18.3 Å². The molecule has 52 valence electrons. The normalized spacial score (nSPS) is 60.4. The summed E-state index contributed by atoms with van der Waals surface area (Å²) in [5, 5.41) is 5.47. The molecule has 0 saturated carbocycles. The van der Waals surface area contributed by atoms with Gasteiger partial charge in [-0.05, 0) is 31.8 Å². The minimum atomic E-state index is -1.62. The van der Waals surface area contributed by atoms with Crippen LogP contribution in [0.15, 0.2) is 0 Å². The third kappa shape index (κ3) is 0.970. The zero-order chi connectivity index (χ0) is 9.69. The smallest absolute Gasteiger partial charge is 0.0444 e. The second kappa shape index (κ2) is 2.27. The Labute approximate surface area is 61.6 Å². The van der Waals surface area contributed by atoms with Crippen molar-refractivity contribution < 1.29 is 5.48 Å². The summed E-state index contributed by atoms with van der Waals surface area (Å²) in [6.07, 6.45) is 1.69. The Kier molecular flexibility index (Phi) is 0.729. The zero-order valence-corrected chi connectivity index (χ0v) is 5.28. The minimum Gasteiger partial charge on any atom is -0.315 e. The van der Waals surface area contributed by atoms with Gasteiger partial charge in [-0.3, -0.25) is 0 Å². The van der Waals surface area contributed by atoms with Crippen LogP contribution < -0.4 is 10.6 Å². The maximum absolute atomic E-state index is 7.64. The molecule has 0 aliphatic carbocycles. The number of piperidine rings is 1. The molecule has 0 aromatic heterocycles. The molecule has 0 aromatic carbocycles. The minimum absolute atomic E-state index is 0.240. The van der Waals surface area contributed by atoms with E-state index in [0.29, 0.717) is 0 Å². The fraction of sp³-hybridized carbons (Fsp3) is 1.00. The number of fused-ring (bicyclic) bond motifs is 1. The van der Waals surface area contributed by atoms with Crippen LogP contribution in [0.3, 0.4) is 0 Å². The van der Waals surface area contributed by atoms with Crippen LogP contribution in [-0.4, -0.2) is 25.6 Å². The molecule has 2 atom stereocenters. The van der Waals surface area contributed by atoms with Gasteiger partial charge in [0.15, 0.2) is 0 Å². The van der Waals surface area contributed by atoms with E-state index in [9.17, 15) is 0 Å². The Balaban J connectivity index is 2.25. The second-order valence-electron chi connectivity index (χ2n) is 2.59. The molecule has 0 radical (unpaired) electrons. The van der Waals surface area contributed by atoms with E-state index in [4.69, 9.17) is 5.48 Å². The van der Waals surface area contributed by atoms with Gasteiger partial charge in [-0.15, -0.1) is 0 Å². The second-order valence-corrected chi connectivity index (χ2v) is 2.59. The maximum atomic E-state index is 7.64. The monoisotopic (exact) mass is 130 g/mol. The molecule has 2 aliphatic heterocycles. The zero-order valence-electron chi connectivity index (χ0n) is 9.28. The number of rotatable bonds is 0. The van der Waals surface area contributed by atoms with Gasteiger partial charge in [0, 0.05) is 18.0 Å². The molecule has 2 N–H and O–H groups in total. The summed E-state index contributed by atoms with van der Waals surface area (Å²) in [6.45, 7) is -2.39. The number of nitrogens with one attached hydrogen (secondary N) is 2. The van der Waals surface area contributed by atoms with E-state index < -0.39 is 13.0 Å². The van der Waals surface area contributed by atoms with Crippen molar-refractivity contribution >= 4 is 0 Å². The van der Waals surface area contributed by atoms with Crippen LogP contribution in [0.2, 0.25) is 0 Å². The lowest BCUT2D eigenvalue weighted by molar-refractivity contribution is 0.339. The molecule has 0 unspecified atom stereocenters. The third-order valence-corrected chi connectivity index (χ3v) is 1.94. The predicted molar refractivity (Wildman–Crippen MR) is 37.4 cm³/mol. The molecule has 2 heterocycles. The van der Waals surface area contributed by atoms with Crippen LogP contribution in [-0.2, 0) is 0 Å². The van der Waals surface area contributed by atoms with Gasteiger partial charge in [-0.25, -0.2) is 0 Å². The van der Waals surface area contributed by atoms with E-state index in [0.717, 1.165) is 19.4 Å². The number of hydrogen-bond donors (Lipinski definition) is 2. The predicted octanol–water partition coefficient (Wildman–Crippen LogP) is -0.0422. The highest BCUT2D eigenvalue weighted by Gasteiger charge is 2.28. The van der Waals surface area contributed by atoms with Crippen molar-refractivity contribution in [2.75, 3.05) is 19.5 Å². The van der Waals surface area contributed by atoms with Crippen molar-refractivity contribution in [2.24, 2.45) is 5.92 Å². The van der Waals surface area contributed by atoms with Gasteiger partial charge >= 0.3 is 0 Å². The third-order valence-electron chi connectivity index (χ3n) is 1.94. The number of hydrogen-bond acceptors (Lipinski definition) is 2. The first kappa shape index (κ1) is 2.89. The highest BCUT2D eigenvalue weighted by molar-refractivity contribution is 4.89. The molecule has 2 aliphatic rings. The van der Waals surface area contributed by atoms with Gasteiger partial charge in [-0.1, -0.05) is 0 Å². The van der Waals surface area contributed by atoms with Crippen molar-refractivity contribution in [3.8, 4) is 0 Å². The van der Waals surface area contributed by atoms with Crippen LogP contribution in [0, 0.1) is 5.92 Å². The summed E-state index contributed by atoms with van der Waals surface area (Å²) < 4.78 is 30.5. The Morgan fingerprint density at radius 3 is 3.33 bits per heavy atom. The largest absolute Gasteiger partial charge is 0.315 e. The highest BCUT2D eigenvalue weighted by Crippen LogP contribution is 2.18. The van der Waals surface area contributed by atoms with Crippen LogP contribution in [0.5, 0.6) is 0 Å². The molecule has 0 bridgehead atoms. The molecule has 0 aromatic rings. The summed E-state index contributed by atoms with van der Waals surface area (Å²) in [4.78, 5) is 0. The summed E-state index contributed by atoms with van der Waals surface area (Å²) in [5.41, 5.74) is 0. The van der Waals surface area contributed by atoms with Gasteiger partial charge in [0.05, 0.1) is 0 Å². The van der Waals surface area contributed by atoms with Gasteiger partial charge in [0.25, 0.3) is 0 Å². The van der Waals surface area contributed by atoms with E-state index in [-0.39, 0.29) is 12.0 Å². The SMILES string of the molecule is [2H]C1([2H])NC([2H])([2H])[C@H]2NCCC[C@H]21. The maximum Gasteiger partial charge on any atom is 0.0444 e. The fourth-order valence-electron chi connectivity index (χ4n) is 1.41. The molecule has 0 amide bonds. The highest BCUT2D eigenvalue weighted by atomic mass is 15.0. The Morgan fingerprint density at radius 2 is 2.44 bits per heavy atom. The van der Waals surface area contributed by atoms with Crippen LogP contribution in [0.4, 0.5) is 0 Å². The first-order valence-corrected chi connectivity index (χ1v) is 3.46. The molecule has 2 rings (SSSR count). The first-order valence-electron chi connectivity index (χ1n) is 5.46. The van der Waals surface area contributed by atoms with E-state index in [2.05, 4.69) is 10.6 Å². The van der Waals surface area contributed by atoms with Crippen LogP contribution >= 0.6 is 0 Å². The average molecular weight is 130 g/mol. The Bertz CT molecular complexity index is 197. The van der Waals surface area contributed by atoms with Crippen molar-refractivity contribution in [2.45, 2.75) is 18.9 Å². The topological polar surface area (TPSA) is 24.1 Å².